The minimum Gasteiger partial charge on any atom is -0.370 e. The quantitative estimate of drug-likeness (QED) is 0.427. The van der Waals surface area contributed by atoms with Crippen LogP contribution in [0.15, 0.2) is 17.3 Å². The Kier molecular flexibility index (Phi) is 4.73. The average molecular weight is 218 g/mol. The van der Waals surface area contributed by atoms with Gasteiger partial charge in [0.05, 0.1) is 6.07 Å². The van der Waals surface area contributed by atoms with Crippen molar-refractivity contribution in [2.45, 2.75) is 25.7 Å². The van der Waals surface area contributed by atoms with Gasteiger partial charge >= 0.3 is 0 Å². The molecule has 6 nitrogen and oxygen atoms in total. The third-order valence-electron chi connectivity index (χ3n) is 1.87. The lowest BCUT2D eigenvalue weighted by atomic mass is 10.2. The molecular formula is C10H14N6. The van der Waals surface area contributed by atoms with Crippen molar-refractivity contribution in [1.82, 2.24) is 9.97 Å². The van der Waals surface area contributed by atoms with E-state index in [9.17, 15) is 0 Å². The molecule has 84 valence electrons. The van der Waals surface area contributed by atoms with Crippen LogP contribution < -0.4 is 11.5 Å². The molecule has 16 heavy (non-hydrogen) atoms. The number of nitrogens with zero attached hydrogens (tertiary/aromatic N) is 4. The monoisotopic (exact) mass is 218 g/mol. The fraction of sp³-hybridized carbons (Fsp3) is 0.400. The Morgan fingerprint density at radius 1 is 1.44 bits per heavy atom. The lowest BCUT2D eigenvalue weighted by Gasteiger charge is -1.99. The van der Waals surface area contributed by atoms with Crippen molar-refractivity contribution in [2.24, 2.45) is 16.5 Å². The summed E-state index contributed by atoms with van der Waals surface area (Å²) in [6.45, 7) is 0. The molecule has 1 aromatic rings. The summed E-state index contributed by atoms with van der Waals surface area (Å²) in [4.78, 5) is 12.1. The molecule has 1 heterocycles. The summed E-state index contributed by atoms with van der Waals surface area (Å²) >= 11 is 0. The zero-order valence-electron chi connectivity index (χ0n) is 8.93. The first-order valence-electron chi connectivity index (χ1n) is 5.01. The van der Waals surface area contributed by atoms with E-state index in [4.69, 9.17) is 16.7 Å². The highest BCUT2D eigenvalue weighted by molar-refractivity contribution is 5.78. The van der Waals surface area contributed by atoms with Crippen LogP contribution in [0.1, 0.15) is 25.1 Å². The highest BCUT2D eigenvalue weighted by Crippen LogP contribution is 2.08. The van der Waals surface area contributed by atoms with Gasteiger partial charge in [0.1, 0.15) is 5.82 Å². The maximum absolute atomic E-state index is 8.38. The van der Waals surface area contributed by atoms with Gasteiger partial charge in [0.25, 0.3) is 0 Å². The molecule has 1 aromatic heterocycles. The van der Waals surface area contributed by atoms with E-state index < -0.39 is 0 Å². The topological polar surface area (TPSA) is 114 Å². The Labute approximate surface area is 94.0 Å². The Morgan fingerprint density at radius 3 is 2.94 bits per heavy atom. The van der Waals surface area contributed by atoms with E-state index in [2.05, 4.69) is 21.0 Å². The lowest BCUT2D eigenvalue weighted by Crippen LogP contribution is -2.22. The molecule has 0 aliphatic rings. The van der Waals surface area contributed by atoms with Crippen LogP contribution in [0.5, 0.6) is 0 Å². The van der Waals surface area contributed by atoms with Crippen molar-refractivity contribution >= 4 is 11.8 Å². The zero-order valence-corrected chi connectivity index (χ0v) is 8.93. The zero-order chi connectivity index (χ0) is 11.8. The minimum atomic E-state index is -0.0193. The van der Waals surface area contributed by atoms with Gasteiger partial charge in [-0.2, -0.15) is 10.3 Å². The summed E-state index contributed by atoms with van der Waals surface area (Å²) in [6.07, 6.45) is 4.66. The predicted molar refractivity (Wildman–Crippen MR) is 60.7 cm³/mol. The van der Waals surface area contributed by atoms with Gasteiger partial charge in [0.15, 0.2) is 11.8 Å². The van der Waals surface area contributed by atoms with Crippen LogP contribution in [0.3, 0.4) is 0 Å². The molecule has 6 heteroatoms. The highest BCUT2D eigenvalue weighted by atomic mass is 15.0. The van der Waals surface area contributed by atoms with Crippen molar-refractivity contribution in [2.75, 3.05) is 0 Å². The van der Waals surface area contributed by atoms with Gasteiger partial charge in [0.2, 0.25) is 0 Å². The molecule has 4 N–H and O–H groups in total. The first kappa shape index (κ1) is 11.9. The smallest absolute Gasteiger partial charge is 0.192 e. The SMILES string of the molecule is N#CCCCCc1nccc(N=C(N)N)n1. The number of nitriles is 1. The number of guanidine groups is 1. The van der Waals surface area contributed by atoms with E-state index in [0.717, 1.165) is 19.3 Å². The van der Waals surface area contributed by atoms with Crippen molar-refractivity contribution in [3.8, 4) is 6.07 Å². The number of nitrogens with two attached hydrogens (primary N) is 2. The van der Waals surface area contributed by atoms with E-state index in [-0.39, 0.29) is 5.96 Å². The highest BCUT2D eigenvalue weighted by Gasteiger charge is 1.98. The van der Waals surface area contributed by atoms with Crippen LogP contribution >= 0.6 is 0 Å². The first-order chi connectivity index (χ1) is 7.72. The molecule has 0 bridgehead atoms. The van der Waals surface area contributed by atoms with E-state index in [1.807, 2.05) is 0 Å². The second-order valence-electron chi connectivity index (χ2n) is 3.23. The number of rotatable bonds is 5. The normalized spacial score (nSPS) is 9.44. The third kappa shape index (κ3) is 4.37. The minimum absolute atomic E-state index is 0.0193. The number of aliphatic imine (C=N–C) groups is 1. The molecular weight excluding hydrogens is 204 g/mol. The molecule has 0 amide bonds. The van der Waals surface area contributed by atoms with E-state index in [0.29, 0.717) is 18.1 Å². The Hall–Kier alpha value is -2.16. The van der Waals surface area contributed by atoms with Crippen LogP contribution in [0.2, 0.25) is 0 Å². The summed E-state index contributed by atoms with van der Waals surface area (Å²) in [7, 11) is 0. The number of aromatic nitrogens is 2. The third-order valence-corrected chi connectivity index (χ3v) is 1.87. The molecule has 0 aliphatic heterocycles. The molecule has 0 fully saturated rings. The maximum Gasteiger partial charge on any atom is 0.192 e. The van der Waals surface area contributed by atoms with Crippen LogP contribution in [0, 0.1) is 11.3 Å². The van der Waals surface area contributed by atoms with E-state index >= 15 is 0 Å². The Bertz CT molecular complexity index is 402. The second kappa shape index (κ2) is 6.35. The summed E-state index contributed by atoms with van der Waals surface area (Å²) in [5.41, 5.74) is 10.5. The van der Waals surface area contributed by atoms with Crippen LogP contribution in [-0.2, 0) is 6.42 Å². The molecule has 0 unspecified atom stereocenters. The Morgan fingerprint density at radius 2 is 2.25 bits per heavy atom. The van der Waals surface area contributed by atoms with Gasteiger partial charge in [-0.05, 0) is 12.8 Å². The number of aryl methyl sites for hydroxylation is 1. The number of unbranched alkanes of at least 4 members (excludes halogenated alkanes) is 2. The lowest BCUT2D eigenvalue weighted by molar-refractivity contribution is 0.721. The summed E-state index contributed by atoms with van der Waals surface area (Å²) in [5, 5.41) is 8.38. The number of hydrogen-bond acceptors (Lipinski definition) is 4. The standard InChI is InChI=1S/C10H14N6/c11-6-3-1-2-4-8-14-7-5-9(15-8)16-10(12)13/h5,7H,1-4H2,(H4,12,13,14,15,16). The van der Waals surface area contributed by atoms with Crippen LogP contribution in [-0.4, -0.2) is 15.9 Å². The average Bonchev–Trinajstić information content (AvgIpc) is 2.24. The van der Waals surface area contributed by atoms with Crippen molar-refractivity contribution in [3.63, 3.8) is 0 Å². The van der Waals surface area contributed by atoms with Gasteiger partial charge in [-0.15, -0.1) is 0 Å². The van der Waals surface area contributed by atoms with E-state index in [1.54, 1.807) is 12.3 Å². The van der Waals surface area contributed by atoms with Crippen LogP contribution in [0.4, 0.5) is 5.82 Å². The fourth-order valence-electron chi connectivity index (χ4n) is 1.19. The van der Waals surface area contributed by atoms with Crippen LogP contribution in [0.25, 0.3) is 0 Å². The molecule has 0 saturated heterocycles. The fourth-order valence-corrected chi connectivity index (χ4v) is 1.19. The largest absolute Gasteiger partial charge is 0.370 e. The van der Waals surface area contributed by atoms with Gasteiger partial charge in [-0.25, -0.2) is 9.97 Å². The summed E-state index contributed by atoms with van der Waals surface area (Å²) in [6, 6.07) is 3.73. The Balaban J connectivity index is 2.55. The van der Waals surface area contributed by atoms with Gasteiger partial charge in [0, 0.05) is 25.1 Å². The maximum atomic E-state index is 8.38. The van der Waals surface area contributed by atoms with Crippen molar-refractivity contribution in [1.29, 1.82) is 5.26 Å². The molecule has 1 rings (SSSR count). The van der Waals surface area contributed by atoms with Crippen molar-refractivity contribution in [3.05, 3.63) is 18.1 Å². The van der Waals surface area contributed by atoms with E-state index in [1.165, 1.54) is 0 Å². The summed E-state index contributed by atoms with van der Waals surface area (Å²) < 4.78 is 0. The second-order valence-corrected chi connectivity index (χ2v) is 3.23. The molecule has 0 saturated carbocycles. The molecule has 0 radical (unpaired) electrons. The summed E-state index contributed by atoms with van der Waals surface area (Å²) in [5.74, 6) is 1.14. The van der Waals surface area contributed by atoms with Crippen molar-refractivity contribution < 1.29 is 0 Å². The van der Waals surface area contributed by atoms with Gasteiger partial charge in [-0.3, -0.25) is 0 Å². The molecule has 0 atom stereocenters. The number of hydrogen-bond donors (Lipinski definition) is 2. The molecule has 0 spiro atoms. The molecule has 0 aliphatic carbocycles. The molecule has 0 aromatic carbocycles. The van der Waals surface area contributed by atoms with Gasteiger partial charge in [-0.1, -0.05) is 0 Å². The van der Waals surface area contributed by atoms with Gasteiger partial charge < -0.3 is 11.5 Å². The first-order valence-corrected chi connectivity index (χ1v) is 5.01. The predicted octanol–water partition coefficient (Wildman–Crippen LogP) is 0.618.